The van der Waals surface area contributed by atoms with Crippen LogP contribution in [0.25, 0.3) is 11.3 Å². The molecule has 0 N–H and O–H groups in total. The Bertz CT molecular complexity index is 2140. The van der Waals surface area contributed by atoms with Crippen LogP contribution in [-0.4, -0.2) is 6.71 Å². The Balaban J connectivity index is 1.45. The highest BCUT2D eigenvalue weighted by Crippen LogP contribution is 2.54. The van der Waals surface area contributed by atoms with Gasteiger partial charge < -0.3 is 9.32 Å². The van der Waals surface area contributed by atoms with Crippen molar-refractivity contribution >= 4 is 57.4 Å². The molecule has 3 heterocycles. The van der Waals surface area contributed by atoms with Gasteiger partial charge in [-0.05, 0) is 75.4 Å². The SMILES string of the molecule is CC(C)(C)c1cc2c3c(c1)N(c1ccccc1)c1oc4c(c1B3c1ccccc1N2c1ccccc1)C(C)(C)c1ccccc1-4. The third-order valence-corrected chi connectivity index (χ3v) is 10.2. The summed E-state index contributed by atoms with van der Waals surface area (Å²) in [5.41, 5.74) is 14.7. The van der Waals surface area contributed by atoms with Gasteiger partial charge in [-0.2, -0.15) is 0 Å². The van der Waals surface area contributed by atoms with Gasteiger partial charge in [-0.1, -0.05) is 113 Å². The molecule has 0 bridgehead atoms. The molecule has 0 amide bonds. The van der Waals surface area contributed by atoms with Gasteiger partial charge in [0.25, 0.3) is 6.71 Å². The number of hydrogen-bond donors (Lipinski definition) is 0. The van der Waals surface area contributed by atoms with Crippen LogP contribution >= 0.6 is 0 Å². The third kappa shape index (κ3) is 3.54. The maximum atomic E-state index is 7.19. The van der Waals surface area contributed by atoms with Crippen molar-refractivity contribution in [3.8, 4) is 11.3 Å². The first-order chi connectivity index (χ1) is 21.7. The monoisotopic (exact) mass is 582 g/mol. The Labute approximate surface area is 265 Å². The van der Waals surface area contributed by atoms with Gasteiger partial charge in [-0.3, -0.25) is 4.90 Å². The largest absolute Gasteiger partial charge is 0.440 e. The van der Waals surface area contributed by atoms with Crippen molar-refractivity contribution in [1.29, 1.82) is 0 Å². The molecule has 0 spiro atoms. The van der Waals surface area contributed by atoms with Crippen LogP contribution in [0, 0.1) is 0 Å². The van der Waals surface area contributed by atoms with Crippen molar-refractivity contribution in [1.82, 2.24) is 0 Å². The van der Waals surface area contributed by atoms with Crippen LogP contribution in [-0.2, 0) is 10.8 Å². The predicted molar refractivity (Wildman–Crippen MR) is 189 cm³/mol. The fourth-order valence-electron chi connectivity index (χ4n) is 8.08. The summed E-state index contributed by atoms with van der Waals surface area (Å²) in [6, 6.07) is 44.2. The highest BCUT2D eigenvalue weighted by molar-refractivity contribution is 7.00. The highest BCUT2D eigenvalue weighted by atomic mass is 16.4. The van der Waals surface area contributed by atoms with Crippen molar-refractivity contribution < 1.29 is 4.42 Å². The second-order valence-electron chi connectivity index (χ2n) is 14.2. The van der Waals surface area contributed by atoms with Gasteiger partial charge in [0, 0.05) is 45.0 Å². The molecule has 45 heavy (non-hydrogen) atoms. The average Bonchev–Trinajstić information content (AvgIpc) is 3.55. The molecule has 1 aliphatic carbocycles. The molecule has 0 unspecified atom stereocenters. The molecule has 2 aliphatic heterocycles. The Kier molecular flexibility index (Phi) is 5.32. The van der Waals surface area contributed by atoms with Gasteiger partial charge >= 0.3 is 0 Å². The molecule has 0 atom stereocenters. The summed E-state index contributed by atoms with van der Waals surface area (Å²) in [7, 11) is 0. The summed E-state index contributed by atoms with van der Waals surface area (Å²) in [6.07, 6.45) is 0. The molecular weight excluding hydrogens is 547 g/mol. The molecule has 0 saturated carbocycles. The van der Waals surface area contributed by atoms with E-state index in [1.54, 1.807) is 0 Å². The van der Waals surface area contributed by atoms with Crippen LogP contribution in [0.1, 0.15) is 51.3 Å². The van der Waals surface area contributed by atoms with Gasteiger partial charge in [-0.15, -0.1) is 0 Å². The van der Waals surface area contributed by atoms with Crippen LogP contribution in [0.2, 0.25) is 0 Å². The van der Waals surface area contributed by atoms with Crippen molar-refractivity contribution in [2.24, 2.45) is 0 Å². The number of para-hydroxylation sites is 3. The van der Waals surface area contributed by atoms with Crippen molar-refractivity contribution in [3.63, 3.8) is 0 Å². The lowest BCUT2D eigenvalue weighted by Crippen LogP contribution is -2.62. The smallest absolute Gasteiger partial charge is 0.256 e. The first kappa shape index (κ1) is 26.4. The summed E-state index contributed by atoms with van der Waals surface area (Å²) < 4.78 is 7.19. The van der Waals surface area contributed by atoms with Gasteiger partial charge in [-0.25, -0.2) is 0 Å². The highest BCUT2D eigenvalue weighted by Gasteiger charge is 2.52. The van der Waals surface area contributed by atoms with Crippen molar-refractivity contribution in [3.05, 3.63) is 138 Å². The fourth-order valence-corrected chi connectivity index (χ4v) is 8.08. The van der Waals surface area contributed by atoms with E-state index < -0.39 is 0 Å². The summed E-state index contributed by atoms with van der Waals surface area (Å²) >= 11 is 0. The van der Waals surface area contributed by atoms with Gasteiger partial charge in [0.2, 0.25) is 5.88 Å². The topological polar surface area (TPSA) is 19.6 Å². The van der Waals surface area contributed by atoms with Crippen LogP contribution in [0.15, 0.2) is 126 Å². The number of rotatable bonds is 2. The van der Waals surface area contributed by atoms with E-state index in [1.807, 2.05) is 0 Å². The van der Waals surface area contributed by atoms with Crippen LogP contribution in [0.5, 0.6) is 0 Å². The molecule has 0 radical (unpaired) electrons. The van der Waals surface area contributed by atoms with Crippen LogP contribution in [0.4, 0.5) is 34.3 Å². The number of fused-ring (bicyclic) bond motifs is 8. The molecule has 1 aromatic heterocycles. The maximum absolute atomic E-state index is 7.19. The second kappa shape index (κ2) is 9.05. The van der Waals surface area contributed by atoms with Crippen molar-refractivity contribution in [2.45, 2.75) is 45.4 Å². The van der Waals surface area contributed by atoms with Crippen LogP contribution < -0.4 is 26.2 Å². The molecular formula is C41H35BN2O. The van der Waals surface area contributed by atoms with E-state index in [0.29, 0.717) is 0 Å². The molecule has 0 saturated heterocycles. The zero-order chi connectivity index (χ0) is 30.7. The molecule has 6 aromatic rings. The van der Waals surface area contributed by atoms with Gasteiger partial charge in [0.05, 0.1) is 0 Å². The van der Waals surface area contributed by atoms with E-state index in [-0.39, 0.29) is 17.5 Å². The Morgan fingerprint density at radius 3 is 1.89 bits per heavy atom. The minimum atomic E-state index is -0.208. The second-order valence-corrected chi connectivity index (χ2v) is 14.2. The van der Waals surface area contributed by atoms with E-state index in [9.17, 15) is 0 Å². The van der Waals surface area contributed by atoms with E-state index in [4.69, 9.17) is 4.42 Å². The standard InChI is InChI=1S/C41H35BN2O/c1-40(2,3)26-24-33-36-34(25-26)44(28-18-10-7-11-19-28)39-37(35-38(45-39)29-20-12-13-21-30(29)41(35,4)5)42(36)31-22-14-15-23-32(31)43(33)27-16-8-6-9-17-27/h6-25H,1-5H3. The molecule has 3 aliphatic rings. The summed E-state index contributed by atoms with van der Waals surface area (Å²) in [5, 5.41) is 0. The molecule has 218 valence electrons. The zero-order valence-electron chi connectivity index (χ0n) is 26.4. The summed E-state index contributed by atoms with van der Waals surface area (Å²) in [4.78, 5) is 4.88. The number of furan rings is 1. The van der Waals surface area contributed by atoms with Gasteiger partial charge in [0.1, 0.15) is 5.76 Å². The first-order valence-electron chi connectivity index (χ1n) is 16.0. The number of anilines is 6. The van der Waals surface area contributed by atoms with E-state index in [2.05, 4.69) is 166 Å². The normalized spacial score (nSPS) is 15.3. The average molecular weight is 583 g/mol. The number of nitrogens with zero attached hydrogens (tertiary/aromatic N) is 2. The van der Waals surface area contributed by atoms with Gasteiger partial charge in [0.15, 0.2) is 0 Å². The first-order valence-corrected chi connectivity index (χ1v) is 16.0. The molecule has 3 nitrogen and oxygen atoms in total. The van der Waals surface area contributed by atoms with Crippen molar-refractivity contribution in [2.75, 3.05) is 9.80 Å². The fraction of sp³-hybridized carbons (Fsp3) is 0.171. The zero-order valence-corrected chi connectivity index (χ0v) is 26.4. The number of benzene rings is 5. The van der Waals surface area contributed by atoms with Crippen LogP contribution in [0.3, 0.4) is 0 Å². The summed E-state index contributed by atoms with van der Waals surface area (Å²) in [5.74, 6) is 1.95. The lowest BCUT2D eigenvalue weighted by atomic mass is 9.32. The minimum absolute atomic E-state index is 0.0243. The molecule has 9 rings (SSSR count). The van der Waals surface area contributed by atoms with E-state index in [0.717, 1.165) is 17.3 Å². The summed E-state index contributed by atoms with van der Waals surface area (Å²) in [6.45, 7) is 11.7. The Morgan fingerprint density at radius 1 is 0.622 bits per heavy atom. The molecule has 0 fully saturated rings. The number of hydrogen-bond acceptors (Lipinski definition) is 3. The maximum Gasteiger partial charge on any atom is 0.256 e. The predicted octanol–water partition coefficient (Wildman–Crippen LogP) is 8.97. The van der Waals surface area contributed by atoms with E-state index in [1.165, 1.54) is 61.4 Å². The molecule has 4 heteroatoms. The third-order valence-electron chi connectivity index (χ3n) is 10.2. The van der Waals surface area contributed by atoms with E-state index >= 15 is 0 Å². The lowest BCUT2D eigenvalue weighted by molar-refractivity contribution is 0.582. The molecule has 5 aromatic carbocycles. The Morgan fingerprint density at radius 2 is 1.20 bits per heavy atom. The Hall–Kier alpha value is -4.96. The minimum Gasteiger partial charge on any atom is -0.440 e. The lowest BCUT2D eigenvalue weighted by Gasteiger charge is -2.44. The quantitative estimate of drug-likeness (QED) is 0.190.